The van der Waals surface area contributed by atoms with E-state index in [0.29, 0.717) is 5.75 Å². The van der Waals surface area contributed by atoms with Crippen molar-refractivity contribution >= 4 is 16.4 Å². The molecule has 5 nitrogen and oxygen atoms in total. The van der Waals surface area contributed by atoms with E-state index in [0.717, 1.165) is 24.8 Å². The Bertz CT molecular complexity index is 607. The third kappa shape index (κ3) is 2.89. The summed E-state index contributed by atoms with van der Waals surface area (Å²) in [5.41, 5.74) is 2.26. The van der Waals surface area contributed by atoms with E-state index in [1.165, 1.54) is 19.0 Å². The van der Waals surface area contributed by atoms with Gasteiger partial charge in [0.05, 0.1) is 7.11 Å². The third-order valence-corrected chi connectivity index (χ3v) is 4.32. The van der Waals surface area contributed by atoms with Crippen molar-refractivity contribution in [2.24, 2.45) is 4.40 Å². The van der Waals surface area contributed by atoms with Crippen LogP contribution in [-0.2, 0) is 22.9 Å². The van der Waals surface area contributed by atoms with Crippen molar-refractivity contribution in [2.75, 3.05) is 21.2 Å². The van der Waals surface area contributed by atoms with Crippen LogP contribution in [0.25, 0.3) is 0 Å². The van der Waals surface area contributed by atoms with E-state index in [1.807, 2.05) is 6.07 Å². The summed E-state index contributed by atoms with van der Waals surface area (Å²) in [6.45, 7) is 0. The van der Waals surface area contributed by atoms with Gasteiger partial charge in [0.15, 0.2) is 0 Å². The van der Waals surface area contributed by atoms with Crippen LogP contribution in [0.3, 0.4) is 0 Å². The molecule has 0 saturated carbocycles. The number of hydrogen-bond donors (Lipinski definition) is 0. The molecular formula is C13H18N2O3S. The zero-order valence-corrected chi connectivity index (χ0v) is 12.2. The summed E-state index contributed by atoms with van der Waals surface area (Å²) in [6, 6.07) is 3.52. The molecule has 0 bridgehead atoms. The second-order valence-electron chi connectivity index (χ2n) is 4.78. The van der Waals surface area contributed by atoms with E-state index in [-0.39, 0.29) is 4.90 Å². The maximum atomic E-state index is 12.2. The number of ether oxygens (including phenoxy) is 1. The van der Waals surface area contributed by atoms with Gasteiger partial charge in [-0.1, -0.05) is 0 Å². The molecule has 0 fully saturated rings. The molecule has 0 N–H and O–H groups in total. The Morgan fingerprint density at radius 3 is 2.47 bits per heavy atom. The minimum Gasteiger partial charge on any atom is -0.495 e. The monoisotopic (exact) mass is 282 g/mol. The van der Waals surface area contributed by atoms with Crippen LogP contribution in [0.5, 0.6) is 5.75 Å². The average molecular weight is 282 g/mol. The predicted molar refractivity (Wildman–Crippen MR) is 74.4 cm³/mol. The summed E-state index contributed by atoms with van der Waals surface area (Å²) < 4.78 is 33.3. The van der Waals surface area contributed by atoms with Gasteiger partial charge in [-0.15, -0.1) is 4.40 Å². The average Bonchev–Trinajstić information content (AvgIpc) is 2.82. The van der Waals surface area contributed by atoms with Crippen LogP contribution in [0.15, 0.2) is 21.4 Å². The van der Waals surface area contributed by atoms with E-state index < -0.39 is 10.0 Å². The third-order valence-electron chi connectivity index (χ3n) is 3.07. The highest BCUT2D eigenvalue weighted by molar-refractivity contribution is 7.90. The number of aryl methyl sites for hydroxylation is 2. The van der Waals surface area contributed by atoms with Gasteiger partial charge < -0.3 is 9.64 Å². The summed E-state index contributed by atoms with van der Waals surface area (Å²) in [5.74, 6) is 0.372. The molecule has 19 heavy (non-hydrogen) atoms. The molecule has 1 aliphatic carbocycles. The van der Waals surface area contributed by atoms with Crippen molar-refractivity contribution in [3.63, 3.8) is 0 Å². The maximum absolute atomic E-state index is 12.2. The van der Waals surface area contributed by atoms with Gasteiger partial charge in [0.25, 0.3) is 10.0 Å². The molecule has 0 amide bonds. The van der Waals surface area contributed by atoms with Crippen LogP contribution in [-0.4, -0.2) is 40.9 Å². The molecule has 1 aliphatic rings. The van der Waals surface area contributed by atoms with Crippen LogP contribution in [0.4, 0.5) is 0 Å². The molecule has 1 aromatic carbocycles. The lowest BCUT2D eigenvalue weighted by Crippen LogP contribution is -2.11. The minimum absolute atomic E-state index is 0.147. The molecular weight excluding hydrogens is 264 g/mol. The fraction of sp³-hybridized carbons (Fsp3) is 0.462. The van der Waals surface area contributed by atoms with Crippen LogP contribution in [0.2, 0.25) is 0 Å². The summed E-state index contributed by atoms with van der Waals surface area (Å²) in [5, 5.41) is 0. The first-order chi connectivity index (χ1) is 8.94. The largest absolute Gasteiger partial charge is 0.495 e. The number of sulfonamides is 1. The van der Waals surface area contributed by atoms with Crippen LogP contribution in [0.1, 0.15) is 17.5 Å². The fourth-order valence-electron chi connectivity index (χ4n) is 2.15. The fourth-order valence-corrected chi connectivity index (χ4v) is 3.27. The maximum Gasteiger partial charge on any atom is 0.287 e. The quantitative estimate of drug-likeness (QED) is 0.620. The Labute approximate surface area is 114 Å². The van der Waals surface area contributed by atoms with Crippen molar-refractivity contribution in [2.45, 2.75) is 24.2 Å². The van der Waals surface area contributed by atoms with E-state index in [4.69, 9.17) is 4.74 Å². The topological polar surface area (TPSA) is 59.0 Å². The first-order valence-corrected chi connectivity index (χ1v) is 7.55. The molecule has 104 valence electrons. The van der Waals surface area contributed by atoms with Crippen molar-refractivity contribution in [3.8, 4) is 5.75 Å². The molecule has 1 aromatic rings. The van der Waals surface area contributed by atoms with Gasteiger partial charge in [0, 0.05) is 14.1 Å². The second kappa shape index (κ2) is 5.21. The molecule has 0 aliphatic heterocycles. The van der Waals surface area contributed by atoms with Gasteiger partial charge in [0.2, 0.25) is 0 Å². The molecule has 6 heteroatoms. The zero-order chi connectivity index (χ0) is 14.0. The number of methoxy groups -OCH3 is 1. The Hall–Kier alpha value is -1.56. The number of nitrogens with zero attached hydrogens (tertiary/aromatic N) is 2. The molecule has 0 radical (unpaired) electrons. The standard InChI is InChI=1S/C13H18N2O3S/c1-15(2)9-14-19(16,17)13-8-11-6-4-5-10(11)7-12(13)18-3/h7-9H,4-6H2,1-3H3. The van der Waals surface area contributed by atoms with E-state index >= 15 is 0 Å². The summed E-state index contributed by atoms with van der Waals surface area (Å²) >= 11 is 0. The molecule has 0 heterocycles. The molecule has 0 saturated heterocycles. The van der Waals surface area contributed by atoms with E-state index in [1.54, 1.807) is 25.1 Å². The second-order valence-corrected chi connectivity index (χ2v) is 6.39. The normalized spacial score (nSPS) is 14.7. The molecule has 0 spiro atoms. The van der Waals surface area contributed by atoms with Crippen molar-refractivity contribution in [1.82, 2.24) is 4.90 Å². The summed E-state index contributed by atoms with van der Waals surface area (Å²) in [6.07, 6.45) is 4.23. The Morgan fingerprint density at radius 1 is 1.26 bits per heavy atom. The predicted octanol–water partition coefficient (Wildman–Crippen LogP) is 1.46. The Balaban J connectivity index is 2.49. The number of hydrogen-bond acceptors (Lipinski definition) is 3. The molecule has 0 unspecified atom stereocenters. The zero-order valence-electron chi connectivity index (χ0n) is 11.4. The first kappa shape index (κ1) is 13.9. The molecule has 0 atom stereocenters. The first-order valence-electron chi connectivity index (χ1n) is 6.11. The van der Waals surface area contributed by atoms with Crippen LogP contribution < -0.4 is 4.74 Å². The molecule has 2 rings (SSSR count). The van der Waals surface area contributed by atoms with Crippen LogP contribution >= 0.6 is 0 Å². The highest BCUT2D eigenvalue weighted by Crippen LogP contribution is 2.33. The van der Waals surface area contributed by atoms with Gasteiger partial charge in [-0.2, -0.15) is 8.42 Å². The summed E-state index contributed by atoms with van der Waals surface area (Å²) in [7, 11) is 1.20. The van der Waals surface area contributed by atoms with Crippen LogP contribution in [0, 0.1) is 0 Å². The Kier molecular flexibility index (Phi) is 3.80. The smallest absolute Gasteiger partial charge is 0.287 e. The number of fused-ring (bicyclic) bond motifs is 1. The number of rotatable bonds is 4. The van der Waals surface area contributed by atoms with Crippen molar-refractivity contribution < 1.29 is 13.2 Å². The van der Waals surface area contributed by atoms with Gasteiger partial charge in [-0.05, 0) is 42.5 Å². The van der Waals surface area contributed by atoms with Gasteiger partial charge in [-0.25, -0.2) is 0 Å². The SMILES string of the molecule is COc1cc2c(cc1S(=O)(=O)N=CN(C)C)CCC2. The van der Waals surface area contributed by atoms with Crippen molar-refractivity contribution in [3.05, 3.63) is 23.3 Å². The van der Waals surface area contributed by atoms with Gasteiger partial charge in [0.1, 0.15) is 17.0 Å². The van der Waals surface area contributed by atoms with E-state index in [2.05, 4.69) is 4.40 Å². The van der Waals surface area contributed by atoms with E-state index in [9.17, 15) is 8.42 Å². The van der Waals surface area contributed by atoms with Gasteiger partial charge >= 0.3 is 0 Å². The number of benzene rings is 1. The minimum atomic E-state index is -3.72. The lowest BCUT2D eigenvalue weighted by Gasteiger charge is -2.10. The van der Waals surface area contributed by atoms with Crippen molar-refractivity contribution in [1.29, 1.82) is 0 Å². The highest BCUT2D eigenvalue weighted by Gasteiger charge is 2.23. The molecule has 0 aromatic heterocycles. The highest BCUT2D eigenvalue weighted by atomic mass is 32.2. The Morgan fingerprint density at radius 2 is 1.89 bits per heavy atom. The lowest BCUT2D eigenvalue weighted by atomic mass is 10.1. The van der Waals surface area contributed by atoms with Gasteiger partial charge in [-0.3, -0.25) is 0 Å². The lowest BCUT2D eigenvalue weighted by molar-refractivity contribution is 0.402. The summed E-state index contributed by atoms with van der Waals surface area (Å²) in [4.78, 5) is 1.73.